The molecule has 0 unspecified atom stereocenters. The van der Waals surface area contributed by atoms with Gasteiger partial charge in [0, 0.05) is 45.9 Å². The first kappa shape index (κ1) is 19.7. The second kappa shape index (κ2) is 9.76. The van der Waals surface area contributed by atoms with E-state index in [4.69, 9.17) is 4.74 Å². The summed E-state index contributed by atoms with van der Waals surface area (Å²) in [4.78, 5) is 4.34. The van der Waals surface area contributed by atoms with E-state index in [1.807, 2.05) is 7.05 Å². The lowest BCUT2D eigenvalue weighted by molar-refractivity contribution is 0.357. The number of benzene rings is 1. The van der Waals surface area contributed by atoms with Crippen molar-refractivity contribution in [3.05, 3.63) is 41.0 Å². The van der Waals surface area contributed by atoms with Crippen LogP contribution in [-0.4, -0.2) is 47.5 Å². The molecule has 0 amide bonds. The fraction of sp³-hybridized carbons (Fsp3) is 0.591. The minimum atomic E-state index is 0.811. The minimum Gasteiger partial charge on any atom is -0.493 e. The van der Waals surface area contributed by atoms with Crippen LogP contribution in [0.2, 0.25) is 0 Å². The van der Waals surface area contributed by atoms with Crippen LogP contribution in [-0.2, 0) is 32.2 Å². The first-order chi connectivity index (χ1) is 14.3. The Morgan fingerprint density at radius 1 is 1.10 bits per heavy atom. The molecule has 3 heterocycles. The van der Waals surface area contributed by atoms with Gasteiger partial charge in [-0.25, -0.2) is 0 Å². The Bertz CT molecular complexity index is 844. The molecule has 2 N–H and O–H groups in total. The summed E-state index contributed by atoms with van der Waals surface area (Å²) in [7, 11) is 1.82. The first-order valence-electron chi connectivity index (χ1n) is 10.9. The number of ether oxygens (including phenoxy) is 1. The second-order valence-electron chi connectivity index (χ2n) is 7.81. The topological polar surface area (TPSA) is 76.4 Å². The normalized spacial score (nSPS) is 16.0. The van der Waals surface area contributed by atoms with Crippen molar-refractivity contribution in [1.29, 1.82) is 0 Å². The molecule has 29 heavy (non-hydrogen) atoms. The zero-order chi connectivity index (χ0) is 19.9. The Labute approximate surface area is 173 Å². The van der Waals surface area contributed by atoms with Gasteiger partial charge >= 0.3 is 0 Å². The SMILES string of the molecule is CN=C(NCCCc1nnc2n1CCCCC2)NCCc1ccc2c(c1)CCO2. The highest BCUT2D eigenvalue weighted by molar-refractivity contribution is 5.79. The molecule has 0 spiro atoms. The fourth-order valence-electron chi connectivity index (χ4n) is 4.12. The highest BCUT2D eigenvalue weighted by Crippen LogP contribution is 2.25. The predicted molar refractivity (Wildman–Crippen MR) is 115 cm³/mol. The second-order valence-corrected chi connectivity index (χ2v) is 7.81. The van der Waals surface area contributed by atoms with Gasteiger partial charge in [0.25, 0.3) is 0 Å². The number of aryl methyl sites for hydroxylation is 2. The molecule has 7 heteroatoms. The zero-order valence-corrected chi connectivity index (χ0v) is 17.4. The third kappa shape index (κ3) is 5.08. The van der Waals surface area contributed by atoms with E-state index >= 15 is 0 Å². The molecule has 7 nitrogen and oxygen atoms in total. The van der Waals surface area contributed by atoms with E-state index in [1.54, 1.807) is 0 Å². The Hall–Kier alpha value is -2.57. The number of aromatic nitrogens is 3. The predicted octanol–water partition coefficient (Wildman–Crippen LogP) is 2.28. The number of guanidine groups is 1. The highest BCUT2D eigenvalue weighted by atomic mass is 16.5. The van der Waals surface area contributed by atoms with E-state index in [2.05, 4.69) is 48.6 Å². The monoisotopic (exact) mass is 396 g/mol. The number of nitrogens with one attached hydrogen (secondary N) is 2. The standard InChI is InChI=1S/C22H32N6O/c1-23-22(25-13-10-17-8-9-19-18(16-17)11-15-29-19)24-12-5-7-21-27-26-20-6-3-2-4-14-28(20)21/h8-9,16H,2-7,10-15H2,1H3,(H2,23,24,25). The van der Waals surface area contributed by atoms with Gasteiger partial charge in [0.15, 0.2) is 5.96 Å². The van der Waals surface area contributed by atoms with Crippen molar-refractivity contribution in [3.8, 4) is 5.75 Å². The summed E-state index contributed by atoms with van der Waals surface area (Å²) in [6.45, 7) is 3.61. The van der Waals surface area contributed by atoms with Crippen LogP contribution in [0, 0.1) is 0 Å². The summed E-state index contributed by atoms with van der Waals surface area (Å²) in [5, 5.41) is 15.6. The molecule has 0 fully saturated rings. The van der Waals surface area contributed by atoms with Crippen LogP contribution in [0.4, 0.5) is 0 Å². The zero-order valence-electron chi connectivity index (χ0n) is 17.4. The van der Waals surface area contributed by atoms with Gasteiger partial charge in [-0.15, -0.1) is 10.2 Å². The molecule has 2 aliphatic heterocycles. The van der Waals surface area contributed by atoms with Gasteiger partial charge in [-0.05, 0) is 42.9 Å². The summed E-state index contributed by atoms with van der Waals surface area (Å²) in [5.74, 6) is 4.20. The van der Waals surface area contributed by atoms with Gasteiger partial charge < -0.3 is 19.9 Å². The minimum absolute atomic E-state index is 0.811. The van der Waals surface area contributed by atoms with Crippen LogP contribution in [0.15, 0.2) is 23.2 Å². The molecule has 2 aliphatic rings. The molecule has 4 rings (SSSR count). The largest absolute Gasteiger partial charge is 0.493 e. The van der Waals surface area contributed by atoms with Gasteiger partial charge in [0.1, 0.15) is 17.4 Å². The molecule has 0 saturated heterocycles. The van der Waals surface area contributed by atoms with Crippen LogP contribution in [0.5, 0.6) is 5.75 Å². The molecule has 0 bridgehead atoms. The van der Waals surface area contributed by atoms with Crippen LogP contribution in [0.3, 0.4) is 0 Å². The third-order valence-corrected chi connectivity index (χ3v) is 5.74. The van der Waals surface area contributed by atoms with Crippen LogP contribution in [0.1, 0.15) is 48.5 Å². The molecular weight excluding hydrogens is 364 g/mol. The molecular formula is C22H32N6O. The number of aliphatic imine (C=N–C) groups is 1. The molecule has 0 radical (unpaired) electrons. The maximum absolute atomic E-state index is 5.58. The van der Waals surface area contributed by atoms with E-state index in [1.165, 1.54) is 36.2 Å². The van der Waals surface area contributed by atoms with Crippen molar-refractivity contribution in [3.63, 3.8) is 0 Å². The molecule has 0 aliphatic carbocycles. The summed E-state index contributed by atoms with van der Waals surface area (Å²) < 4.78 is 7.91. The van der Waals surface area contributed by atoms with Crippen molar-refractivity contribution in [1.82, 2.24) is 25.4 Å². The summed E-state index contributed by atoms with van der Waals surface area (Å²) in [6.07, 6.45) is 8.81. The molecule has 0 saturated carbocycles. The van der Waals surface area contributed by atoms with Crippen molar-refractivity contribution in [2.24, 2.45) is 4.99 Å². The van der Waals surface area contributed by atoms with Gasteiger partial charge in [-0.3, -0.25) is 4.99 Å². The average Bonchev–Trinajstić information content (AvgIpc) is 3.29. The van der Waals surface area contributed by atoms with Gasteiger partial charge in [-0.2, -0.15) is 0 Å². The van der Waals surface area contributed by atoms with E-state index < -0.39 is 0 Å². The molecule has 1 aromatic heterocycles. The smallest absolute Gasteiger partial charge is 0.190 e. The van der Waals surface area contributed by atoms with Crippen molar-refractivity contribution in [2.45, 2.75) is 57.9 Å². The van der Waals surface area contributed by atoms with E-state index in [0.29, 0.717) is 0 Å². The third-order valence-electron chi connectivity index (χ3n) is 5.74. The number of rotatable bonds is 7. The van der Waals surface area contributed by atoms with E-state index in [9.17, 15) is 0 Å². The van der Waals surface area contributed by atoms with Crippen LogP contribution >= 0.6 is 0 Å². The van der Waals surface area contributed by atoms with Crippen molar-refractivity contribution < 1.29 is 4.74 Å². The molecule has 2 aromatic rings. The number of hydrogen-bond donors (Lipinski definition) is 2. The van der Waals surface area contributed by atoms with Gasteiger partial charge in [0.2, 0.25) is 0 Å². The lowest BCUT2D eigenvalue weighted by Crippen LogP contribution is -2.38. The van der Waals surface area contributed by atoms with Crippen molar-refractivity contribution in [2.75, 3.05) is 26.7 Å². The van der Waals surface area contributed by atoms with Crippen LogP contribution in [0.25, 0.3) is 0 Å². The Morgan fingerprint density at radius 3 is 2.97 bits per heavy atom. The average molecular weight is 397 g/mol. The maximum atomic E-state index is 5.58. The quantitative estimate of drug-likeness (QED) is 0.427. The van der Waals surface area contributed by atoms with Gasteiger partial charge in [0.05, 0.1) is 6.61 Å². The van der Waals surface area contributed by atoms with E-state index in [-0.39, 0.29) is 0 Å². The summed E-state index contributed by atoms with van der Waals surface area (Å²) >= 11 is 0. The fourth-order valence-corrected chi connectivity index (χ4v) is 4.12. The Kier molecular flexibility index (Phi) is 6.64. The Morgan fingerprint density at radius 2 is 2.03 bits per heavy atom. The Balaban J connectivity index is 1.17. The summed E-state index contributed by atoms with van der Waals surface area (Å²) in [6, 6.07) is 6.52. The molecule has 1 aromatic carbocycles. The summed E-state index contributed by atoms with van der Waals surface area (Å²) in [5.41, 5.74) is 2.67. The molecule has 156 valence electrons. The number of hydrogen-bond acceptors (Lipinski definition) is 4. The van der Waals surface area contributed by atoms with E-state index in [0.717, 1.165) is 75.9 Å². The lowest BCUT2D eigenvalue weighted by atomic mass is 10.1. The molecule has 0 atom stereocenters. The lowest BCUT2D eigenvalue weighted by Gasteiger charge is -2.12. The maximum Gasteiger partial charge on any atom is 0.190 e. The number of nitrogens with zero attached hydrogens (tertiary/aromatic N) is 4. The van der Waals surface area contributed by atoms with Crippen molar-refractivity contribution >= 4 is 5.96 Å². The van der Waals surface area contributed by atoms with Gasteiger partial charge in [-0.1, -0.05) is 18.6 Å². The first-order valence-corrected chi connectivity index (χ1v) is 10.9. The number of fused-ring (bicyclic) bond motifs is 2. The van der Waals surface area contributed by atoms with Crippen LogP contribution < -0.4 is 15.4 Å². The highest BCUT2D eigenvalue weighted by Gasteiger charge is 2.14.